The molecule has 0 aromatic carbocycles. The number of thioether (sulfide) groups is 1. The molecule has 12 nitrogen and oxygen atoms in total. The summed E-state index contributed by atoms with van der Waals surface area (Å²) in [4.78, 5) is 57.0. The van der Waals surface area contributed by atoms with E-state index < -0.39 is 12.1 Å². The van der Waals surface area contributed by atoms with E-state index in [0.717, 1.165) is 4.90 Å². The number of imide groups is 1. The van der Waals surface area contributed by atoms with Crippen molar-refractivity contribution in [2.24, 2.45) is 4.99 Å². The van der Waals surface area contributed by atoms with E-state index in [1.54, 1.807) is 37.3 Å². The number of aromatic nitrogens is 2. The smallest absolute Gasteiger partial charge is 0.409 e. The summed E-state index contributed by atoms with van der Waals surface area (Å²) in [7, 11) is 3.11. The van der Waals surface area contributed by atoms with Gasteiger partial charge >= 0.3 is 18.1 Å². The highest BCUT2D eigenvalue weighted by molar-refractivity contribution is 7.99. The molecule has 0 saturated carbocycles. The Morgan fingerprint density at radius 3 is 2.55 bits per heavy atom. The quantitative estimate of drug-likeness (QED) is 0.333. The van der Waals surface area contributed by atoms with Crippen LogP contribution in [0.15, 0.2) is 28.6 Å². The molecule has 176 valence electrons. The Morgan fingerprint density at radius 1 is 1.18 bits per heavy atom. The highest BCUT2D eigenvalue weighted by atomic mass is 32.2. The number of aliphatic imine (C=N–C) groups is 1. The fraction of sp³-hybridized carbons (Fsp3) is 0.550. The number of nitrogens with zero attached hydrogens (tertiary/aromatic N) is 8. The standard InChI is InChI=1S/C20H27N8O4S/c1-4-32-20(31)27-10-8-26(9-11-27)18-23-15-14(16(29)25(3)19(30)24(15)2)28(18)12-13-33-17-21-6-5-7-22-17/h5-7,14H,4,8-13H2,1-3H3/q+1. The first-order chi connectivity index (χ1) is 15.9. The second-order valence-electron chi connectivity index (χ2n) is 7.66. The van der Waals surface area contributed by atoms with E-state index in [1.165, 1.54) is 23.7 Å². The molecule has 3 aliphatic heterocycles. The zero-order valence-corrected chi connectivity index (χ0v) is 19.7. The van der Waals surface area contributed by atoms with Gasteiger partial charge in [-0.1, -0.05) is 16.8 Å². The number of ether oxygens (including phenoxy) is 1. The van der Waals surface area contributed by atoms with Crippen molar-refractivity contribution in [1.82, 2.24) is 29.6 Å². The molecule has 0 bridgehead atoms. The van der Waals surface area contributed by atoms with Crippen LogP contribution in [0, 0.1) is 0 Å². The van der Waals surface area contributed by atoms with Gasteiger partial charge in [-0.2, -0.15) is 0 Å². The third-order valence-electron chi connectivity index (χ3n) is 5.70. The number of carbonyl (C=O) groups is 3. The highest BCUT2D eigenvalue weighted by Crippen LogP contribution is 2.24. The Kier molecular flexibility index (Phi) is 6.77. The molecule has 33 heavy (non-hydrogen) atoms. The van der Waals surface area contributed by atoms with Crippen molar-refractivity contribution in [2.45, 2.75) is 18.1 Å². The van der Waals surface area contributed by atoms with Gasteiger partial charge in [0.2, 0.25) is 11.9 Å². The van der Waals surface area contributed by atoms with Crippen molar-refractivity contribution in [1.29, 1.82) is 0 Å². The normalized spacial score (nSPS) is 20.9. The van der Waals surface area contributed by atoms with Crippen LogP contribution < -0.4 is 0 Å². The third-order valence-corrected chi connectivity index (χ3v) is 6.56. The monoisotopic (exact) mass is 475 g/mol. The third kappa shape index (κ3) is 4.49. The van der Waals surface area contributed by atoms with Gasteiger partial charge in [0.25, 0.3) is 5.91 Å². The lowest BCUT2D eigenvalue weighted by atomic mass is 10.1. The van der Waals surface area contributed by atoms with Crippen LogP contribution in [0.4, 0.5) is 9.59 Å². The van der Waals surface area contributed by atoms with E-state index in [4.69, 9.17) is 9.73 Å². The molecule has 4 heterocycles. The molecular weight excluding hydrogens is 448 g/mol. The summed E-state index contributed by atoms with van der Waals surface area (Å²) in [6.07, 6.45) is 3.05. The molecular formula is C20H27N8O4S+. The van der Waals surface area contributed by atoms with Crippen LogP contribution in [0.1, 0.15) is 6.92 Å². The summed E-state index contributed by atoms with van der Waals surface area (Å²) < 4.78 is 7.15. The van der Waals surface area contributed by atoms with Crippen LogP contribution in [0.25, 0.3) is 0 Å². The first-order valence-electron chi connectivity index (χ1n) is 10.8. The number of amides is 4. The molecule has 1 aromatic rings. The molecule has 0 aliphatic carbocycles. The zero-order chi connectivity index (χ0) is 23.5. The van der Waals surface area contributed by atoms with Gasteiger partial charge in [0, 0.05) is 32.2 Å². The molecule has 4 amide bonds. The van der Waals surface area contributed by atoms with Gasteiger partial charge in [-0.05, 0) is 13.0 Å². The van der Waals surface area contributed by atoms with Crippen LogP contribution in [0.3, 0.4) is 0 Å². The number of hydrogen-bond donors (Lipinski definition) is 0. The Hall–Kier alpha value is -3.22. The number of likely N-dealkylation sites (N-methyl/N-ethyl adjacent to an activating group) is 2. The largest absolute Gasteiger partial charge is 0.450 e. The maximum atomic E-state index is 13.1. The minimum atomic E-state index is -0.673. The highest BCUT2D eigenvalue weighted by Gasteiger charge is 2.55. The van der Waals surface area contributed by atoms with E-state index in [2.05, 4.69) is 14.5 Å². The lowest BCUT2D eigenvalue weighted by Crippen LogP contribution is -2.63. The maximum Gasteiger partial charge on any atom is 0.409 e. The Bertz CT molecular complexity index is 991. The molecule has 1 aromatic heterocycles. The van der Waals surface area contributed by atoms with Gasteiger partial charge in [0.05, 0.1) is 39.3 Å². The molecule has 2 saturated heterocycles. The number of rotatable bonds is 5. The van der Waals surface area contributed by atoms with Gasteiger partial charge < -0.3 is 9.64 Å². The van der Waals surface area contributed by atoms with Crippen molar-refractivity contribution in [3.05, 3.63) is 18.5 Å². The van der Waals surface area contributed by atoms with Gasteiger partial charge in [-0.25, -0.2) is 24.5 Å². The van der Waals surface area contributed by atoms with Crippen molar-refractivity contribution >= 4 is 41.6 Å². The van der Waals surface area contributed by atoms with Crippen LogP contribution in [-0.2, 0) is 9.53 Å². The Balaban J connectivity index is 1.57. The number of piperazine rings is 1. The van der Waals surface area contributed by atoms with Crippen molar-refractivity contribution < 1.29 is 23.7 Å². The summed E-state index contributed by atoms with van der Waals surface area (Å²) in [6.45, 7) is 4.69. The lowest BCUT2D eigenvalue weighted by molar-refractivity contribution is -0.543. The molecule has 2 fully saturated rings. The predicted molar refractivity (Wildman–Crippen MR) is 120 cm³/mol. The number of amidine groups is 1. The maximum absolute atomic E-state index is 13.1. The fourth-order valence-electron chi connectivity index (χ4n) is 3.97. The van der Waals surface area contributed by atoms with Crippen LogP contribution in [0.5, 0.6) is 0 Å². The Labute approximate surface area is 195 Å². The van der Waals surface area contributed by atoms with E-state index in [-0.39, 0.29) is 12.0 Å². The second kappa shape index (κ2) is 9.73. The van der Waals surface area contributed by atoms with Crippen LogP contribution >= 0.6 is 11.8 Å². The van der Waals surface area contributed by atoms with Crippen LogP contribution in [-0.4, -0.2) is 129 Å². The molecule has 4 rings (SSSR count). The van der Waals surface area contributed by atoms with Gasteiger partial charge in [0.1, 0.15) is 0 Å². The van der Waals surface area contributed by atoms with Crippen molar-refractivity contribution in [2.75, 3.05) is 59.2 Å². The predicted octanol–water partition coefficient (Wildman–Crippen LogP) is 0.0158. The van der Waals surface area contributed by atoms with E-state index in [9.17, 15) is 14.4 Å². The number of urea groups is 1. The number of hydrogen-bond acceptors (Lipinski definition) is 7. The molecule has 0 spiro atoms. The molecule has 1 atom stereocenters. The molecule has 13 heteroatoms. The minimum absolute atomic E-state index is 0.307. The average molecular weight is 476 g/mol. The summed E-state index contributed by atoms with van der Waals surface area (Å²) >= 11 is 1.49. The number of fused-ring (bicyclic) bond motifs is 1. The first-order valence-corrected chi connectivity index (χ1v) is 11.7. The lowest BCUT2D eigenvalue weighted by Gasteiger charge is -2.33. The fourth-order valence-corrected chi connectivity index (χ4v) is 4.71. The molecule has 1 unspecified atom stereocenters. The first kappa shape index (κ1) is 23.0. The zero-order valence-electron chi connectivity index (χ0n) is 18.9. The van der Waals surface area contributed by atoms with Crippen molar-refractivity contribution in [3.63, 3.8) is 0 Å². The summed E-state index contributed by atoms with van der Waals surface area (Å²) in [5, 5.41) is 0.654. The second-order valence-corrected chi connectivity index (χ2v) is 8.72. The molecule has 3 aliphatic rings. The number of carbonyl (C=O) groups excluding carboxylic acids is 3. The van der Waals surface area contributed by atoms with E-state index >= 15 is 0 Å². The van der Waals surface area contributed by atoms with E-state index in [1.807, 2.05) is 4.90 Å². The number of guanidine groups is 1. The van der Waals surface area contributed by atoms with Gasteiger partial charge in [-0.15, -0.1) is 0 Å². The topological polar surface area (TPSA) is 115 Å². The molecule has 0 radical (unpaired) electrons. The van der Waals surface area contributed by atoms with Gasteiger partial charge in [-0.3, -0.25) is 19.2 Å². The van der Waals surface area contributed by atoms with Crippen LogP contribution in [0.2, 0.25) is 0 Å². The summed E-state index contributed by atoms with van der Waals surface area (Å²) in [5.41, 5.74) is 0. The Morgan fingerprint density at radius 2 is 1.88 bits per heavy atom. The summed E-state index contributed by atoms with van der Waals surface area (Å²) in [5.74, 6) is 1.38. The SMILES string of the molecule is CCOC(=O)N1CC[N+](=C2N=C3C(C(=O)N(C)C(=O)N3C)N2CCSc2ncccn2)CC1. The average Bonchev–Trinajstić information content (AvgIpc) is 3.22. The summed E-state index contributed by atoms with van der Waals surface area (Å²) in [6, 6.07) is 0.680. The molecule has 0 N–H and O–H groups in total. The van der Waals surface area contributed by atoms with E-state index in [0.29, 0.717) is 62.0 Å². The van der Waals surface area contributed by atoms with Gasteiger partial charge in [0.15, 0.2) is 5.16 Å². The minimum Gasteiger partial charge on any atom is -0.450 e. The van der Waals surface area contributed by atoms with Crippen molar-refractivity contribution in [3.8, 4) is 0 Å².